The minimum atomic E-state index is -0.307. The van der Waals surface area contributed by atoms with Crippen LogP contribution in [0.3, 0.4) is 0 Å². The first-order chi connectivity index (χ1) is 16.1. The van der Waals surface area contributed by atoms with E-state index < -0.39 is 0 Å². The van der Waals surface area contributed by atoms with Gasteiger partial charge in [-0.1, -0.05) is 54.6 Å². The van der Waals surface area contributed by atoms with E-state index in [2.05, 4.69) is 10.3 Å². The molecule has 0 saturated heterocycles. The largest absolute Gasteiger partial charge is 0.396 e. The molecule has 4 rings (SSSR count). The smallest absolute Gasteiger partial charge is 0.251 e. The van der Waals surface area contributed by atoms with Crippen molar-refractivity contribution in [2.45, 2.75) is 13.0 Å². The van der Waals surface area contributed by atoms with Gasteiger partial charge in [-0.05, 0) is 46.9 Å². The highest BCUT2D eigenvalue weighted by Gasteiger charge is 2.15. The van der Waals surface area contributed by atoms with Crippen LogP contribution in [-0.4, -0.2) is 33.7 Å². The number of benzene rings is 3. The SMILES string of the molecule is O=C(NCC(CO)Cc1cccc(F)c1)c1ccccc1-c1ccc(Cn2ccnc2)cc1. The molecule has 0 spiro atoms. The standard InChI is InChI=1S/C27H26FN3O2/c28-24-5-3-4-21(15-24)14-22(18-32)16-30-27(33)26-7-2-1-6-25(26)23-10-8-20(9-11-23)17-31-13-12-29-19-31/h1-13,15,19,22,32H,14,16-18H2,(H,30,33). The predicted molar refractivity (Wildman–Crippen MR) is 126 cm³/mol. The maximum Gasteiger partial charge on any atom is 0.251 e. The number of carbonyl (C=O) groups is 1. The van der Waals surface area contributed by atoms with Crippen LogP contribution in [0.4, 0.5) is 4.39 Å². The molecular formula is C27H26FN3O2. The molecule has 0 radical (unpaired) electrons. The summed E-state index contributed by atoms with van der Waals surface area (Å²) in [5.74, 6) is -0.714. The molecule has 2 N–H and O–H groups in total. The molecule has 0 fully saturated rings. The summed E-state index contributed by atoms with van der Waals surface area (Å²) in [5, 5.41) is 12.7. The van der Waals surface area contributed by atoms with Crippen LogP contribution >= 0.6 is 0 Å². The van der Waals surface area contributed by atoms with Crippen molar-refractivity contribution in [1.82, 2.24) is 14.9 Å². The first-order valence-corrected chi connectivity index (χ1v) is 10.9. The number of nitrogens with zero attached hydrogens (tertiary/aromatic N) is 2. The average molecular weight is 444 g/mol. The third-order valence-corrected chi connectivity index (χ3v) is 5.58. The van der Waals surface area contributed by atoms with E-state index in [0.717, 1.165) is 28.8 Å². The van der Waals surface area contributed by atoms with Gasteiger partial charge in [-0.25, -0.2) is 9.37 Å². The molecule has 6 heteroatoms. The van der Waals surface area contributed by atoms with E-state index in [1.807, 2.05) is 59.3 Å². The summed E-state index contributed by atoms with van der Waals surface area (Å²) in [6.07, 6.45) is 5.93. The Morgan fingerprint density at radius 1 is 1.03 bits per heavy atom. The molecule has 168 valence electrons. The summed E-state index contributed by atoms with van der Waals surface area (Å²) < 4.78 is 15.4. The summed E-state index contributed by atoms with van der Waals surface area (Å²) in [6.45, 7) is 0.928. The van der Waals surface area contributed by atoms with Gasteiger partial charge in [0.1, 0.15) is 5.82 Å². The zero-order chi connectivity index (χ0) is 23.0. The highest BCUT2D eigenvalue weighted by Crippen LogP contribution is 2.24. The maximum absolute atomic E-state index is 13.4. The number of imidazole rings is 1. The van der Waals surface area contributed by atoms with Gasteiger partial charge in [-0.15, -0.1) is 0 Å². The lowest BCUT2D eigenvalue weighted by atomic mass is 9.97. The molecule has 0 bridgehead atoms. The molecule has 33 heavy (non-hydrogen) atoms. The zero-order valence-electron chi connectivity index (χ0n) is 18.2. The van der Waals surface area contributed by atoms with E-state index in [1.165, 1.54) is 12.1 Å². The molecule has 1 aromatic heterocycles. The van der Waals surface area contributed by atoms with E-state index in [9.17, 15) is 14.3 Å². The van der Waals surface area contributed by atoms with Crippen molar-refractivity contribution in [3.63, 3.8) is 0 Å². The van der Waals surface area contributed by atoms with Crippen LogP contribution in [0.15, 0.2) is 91.5 Å². The lowest BCUT2D eigenvalue weighted by molar-refractivity contribution is 0.0940. The summed E-state index contributed by atoms with van der Waals surface area (Å²) in [5.41, 5.74) is 4.30. The van der Waals surface area contributed by atoms with E-state index in [4.69, 9.17) is 0 Å². The minimum absolute atomic E-state index is 0.100. The fourth-order valence-corrected chi connectivity index (χ4v) is 3.84. The van der Waals surface area contributed by atoms with Crippen LogP contribution in [0.1, 0.15) is 21.5 Å². The third kappa shape index (κ3) is 5.93. The molecule has 1 heterocycles. The second-order valence-corrected chi connectivity index (χ2v) is 8.07. The topological polar surface area (TPSA) is 67.2 Å². The van der Waals surface area contributed by atoms with Gasteiger partial charge in [0.15, 0.2) is 0 Å². The lowest BCUT2D eigenvalue weighted by Crippen LogP contribution is -2.32. The van der Waals surface area contributed by atoms with Gasteiger partial charge >= 0.3 is 0 Å². The predicted octanol–water partition coefficient (Wildman–Crippen LogP) is 4.32. The normalized spacial score (nSPS) is 11.8. The molecule has 1 amide bonds. The number of nitrogens with one attached hydrogen (secondary N) is 1. The first kappa shape index (κ1) is 22.4. The third-order valence-electron chi connectivity index (χ3n) is 5.58. The minimum Gasteiger partial charge on any atom is -0.396 e. The zero-order valence-corrected chi connectivity index (χ0v) is 18.2. The van der Waals surface area contributed by atoms with Crippen molar-refractivity contribution in [3.05, 3.63) is 114 Å². The van der Waals surface area contributed by atoms with Crippen LogP contribution in [0.2, 0.25) is 0 Å². The highest BCUT2D eigenvalue weighted by atomic mass is 19.1. The molecule has 1 atom stereocenters. The van der Waals surface area contributed by atoms with Crippen LogP contribution in [-0.2, 0) is 13.0 Å². The Bertz CT molecular complexity index is 1190. The molecule has 3 aromatic carbocycles. The Labute approximate surface area is 192 Å². The number of aliphatic hydroxyl groups is 1. The number of amides is 1. The number of halogens is 1. The van der Waals surface area contributed by atoms with Crippen LogP contribution in [0.5, 0.6) is 0 Å². The van der Waals surface area contributed by atoms with Crippen LogP contribution < -0.4 is 5.32 Å². The van der Waals surface area contributed by atoms with Gasteiger partial charge in [0, 0.05) is 43.6 Å². The van der Waals surface area contributed by atoms with Crippen molar-refractivity contribution in [1.29, 1.82) is 0 Å². The molecule has 5 nitrogen and oxygen atoms in total. The lowest BCUT2D eigenvalue weighted by Gasteiger charge is -2.16. The van der Waals surface area contributed by atoms with E-state index in [1.54, 1.807) is 24.7 Å². The highest BCUT2D eigenvalue weighted by molar-refractivity contribution is 6.00. The average Bonchev–Trinajstić information content (AvgIpc) is 3.35. The molecular weight excluding hydrogens is 417 g/mol. The fourth-order valence-electron chi connectivity index (χ4n) is 3.84. The van der Waals surface area contributed by atoms with Gasteiger partial charge in [0.2, 0.25) is 0 Å². The van der Waals surface area contributed by atoms with Crippen molar-refractivity contribution < 1.29 is 14.3 Å². The molecule has 0 aliphatic rings. The number of aliphatic hydroxyl groups excluding tert-OH is 1. The Morgan fingerprint density at radius 2 is 1.85 bits per heavy atom. The molecule has 0 aliphatic carbocycles. The van der Waals surface area contributed by atoms with Gasteiger partial charge in [-0.3, -0.25) is 4.79 Å². The van der Waals surface area contributed by atoms with Crippen molar-refractivity contribution in [2.75, 3.05) is 13.2 Å². The summed E-state index contributed by atoms with van der Waals surface area (Å²) >= 11 is 0. The molecule has 4 aromatic rings. The maximum atomic E-state index is 13.4. The van der Waals surface area contributed by atoms with Gasteiger partial charge in [0.25, 0.3) is 5.91 Å². The fraction of sp³-hybridized carbons (Fsp3) is 0.185. The van der Waals surface area contributed by atoms with Crippen molar-refractivity contribution >= 4 is 5.91 Å². The van der Waals surface area contributed by atoms with Gasteiger partial charge in [0.05, 0.1) is 6.33 Å². The van der Waals surface area contributed by atoms with Crippen LogP contribution in [0.25, 0.3) is 11.1 Å². The Morgan fingerprint density at radius 3 is 2.58 bits per heavy atom. The Kier molecular flexibility index (Phi) is 7.27. The van der Waals surface area contributed by atoms with E-state index in [-0.39, 0.29) is 24.2 Å². The number of carbonyl (C=O) groups excluding carboxylic acids is 1. The first-order valence-electron chi connectivity index (χ1n) is 10.9. The summed E-state index contributed by atoms with van der Waals surface area (Å²) in [7, 11) is 0. The Hall–Kier alpha value is -3.77. The van der Waals surface area contributed by atoms with Crippen molar-refractivity contribution in [2.24, 2.45) is 5.92 Å². The van der Waals surface area contributed by atoms with Gasteiger partial charge in [-0.2, -0.15) is 0 Å². The van der Waals surface area contributed by atoms with E-state index >= 15 is 0 Å². The van der Waals surface area contributed by atoms with Crippen molar-refractivity contribution in [3.8, 4) is 11.1 Å². The molecule has 0 aliphatic heterocycles. The molecule has 0 saturated carbocycles. The number of aromatic nitrogens is 2. The van der Waals surface area contributed by atoms with Crippen LogP contribution in [0, 0.1) is 11.7 Å². The van der Waals surface area contributed by atoms with E-state index in [0.29, 0.717) is 18.5 Å². The summed E-state index contributed by atoms with van der Waals surface area (Å²) in [6, 6.07) is 21.9. The number of hydrogen-bond acceptors (Lipinski definition) is 3. The Balaban J connectivity index is 1.43. The quantitative estimate of drug-likeness (QED) is 0.405. The number of rotatable bonds is 9. The number of hydrogen-bond donors (Lipinski definition) is 2. The summed E-state index contributed by atoms with van der Waals surface area (Å²) in [4.78, 5) is 17.0. The molecule has 1 unspecified atom stereocenters. The monoisotopic (exact) mass is 443 g/mol. The van der Waals surface area contributed by atoms with Gasteiger partial charge < -0.3 is 15.0 Å². The second kappa shape index (κ2) is 10.7. The second-order valence-electron chi connectivity index (χ2n) is 8.07.